The first-order valence-corrected chi connectivity index (χ1v) is 8.07. The van der Waals surface area contributed by atoms with E-state index in [1.54, 1.807) is 6.92 Å². The average Bonchev–Trinajstić information content (AvgIpc) is 3.01. The van der Waals surface area contributed by atoms with Crippen LogP contribution < -0.4 is 22.5 Å². The summed E-state index contributed by atoms with van der Waals surface area (Å²) in [5, 5.41) is 11.6. The number of nitrogens with one attached hydrogen (secondary N) is 1. The van der Waals surface area contributed by atoms with Gasteiger partial charge in [0.25, 0.3) is 0 Å². The van der Waals surface area contributed by atoms with Crippen molar-refractivity contribution in [3.05, 3.63) is 18.2 Å². The Morgan fingerprint density at radius 2 is 2.00 bits per heavy atom. The van der Waals surface area contributed by atoms with Gasteiger partial charge in [0.1, 0.15) is 12.4 Å². The number of carbonyl (C=O) groups is 3. The van der Waals surface area contributed by atoms with E-state index in [1.807, 2.05) is 0 Å². The van der Waals surface area contributed by atoms with Gasteiger partial charge in [0.2, 0.25) is 11.8 Å². The van der Waals surface area contributed by atoms with Crippen molar-refractivity contribution in [2.45, 2.75) is 50.7 Å². The van der Waals surface area contributed by atoms with Gasteiger partial charge in [-0.25, -0.2) is 9.78 Å². The first-order valence-electron chi connectivity index (χ1n) is 8.07. The van der Waals surface area contributed by atoms with Crippen molar-refractivity contribution in [2.24, 2.45) is 17.2 Å². The molecular weight excluding hydrogens is 328 g/mol. The highest BCUT2D eigenvalue weighted by Crippen LogP contribution is 2.04. The Morgan fingerprint density at radius 3 is 2.56 bits per heavy atom. The quantitative estimate of drug-likeness (QED) is 0.313. The lowest BCUT2D eigenvalue weighted by atomic mass is 10.1. The molecule has 10 heteroatoms. The van der Waals surface area contributed by atoms with Crippen LogP contribution in [0.4, 0.5) is 0 Å². The molecule has 0 saturated carbocycles. The number of aromatic nitrogens is 2. The van der Waals surface area contributed by atoms with Crippen LogP contribution in [0.5, 0.6) is 0 Å². The molecule has 0 fully saturated rings. The van der Waals surface area contributed by atoms with Crippen molar-refractivity contribution in [3.8, 4) is 0 Å². The predicted molar refractivity (Wildman–Crippen MR) is 90.7 cm³/mol. The van der Waals surface area contributed by atoms with Gasteiger partial charge in [-0.15, -0.1) is 0 Å². The van der Waals surface area contributed by atoms with Crippen LogP contribution in [0.2, 0.25) is 0 Å². The molecule has 1 heterocycles. The molecule has 3 atom stereocenters. The molecule has 0 radical (unpaired) electrons. The molecule has 0 aliphatic heterocycles. The number of imidazole rings is 1. The van der Waals surface area contributed by atoms with Gasteiger partial charge in [-0.1, -0.05) is 0 Å². The van der Waals surface area contributed by atoms with Gasteiger partial charge < -0.3 is 27.6 Å². The maximum absolute atomic E-state index is 12.1. The highest BCUT2D eigenvalue weighted by Gasteiger charge is 2.23. The third kappa shape index (κ3) is 6.61. The number of nitrogens with zero attached hydrogens (tertiary/aromatic N) is 2. The number of carboxylic acids is 1. The summed E-state index contributed by atoms with van der Waals surface area (Å²) in [6.45, 7) is 2.01. The van der Waals surface area contributed by atoms with Crippen molar-refractivity contribution >= 4 is 17.8 Å². The summed E-state index contributed by atoms with van der Waals surface area (Å²) in [5.41, 5.74) is 17.1. The lowest BCUT2D eigenvalue weighted by Crippen LogP contribution is -2.49. The molecule has 10 nitrogen and oxygen atoms in total. The first-order chi connectivity index (χ1) is 11.8. The van der Waals surface area contributed by atoms with Crippen molar-refractivity contribution in [3.63, 3.8) is 0 Å². The van der Waals surface area contributed by atoms with Gasteiger partial charge >= 0.3 is 5.97 Å². The Bertz CT molecular complexity index is 601. The van der Waals surface area contributed by atoms with Gasteiger partial charge in [-0.2, -0.15) is 0 Å². The molecule has 25 heavy (non-hydrogen) atoms. The Labute approximate surface area is 145 Å². The molecule has 1 rings (SSSR count). The lowest BCUT2D eigenvalue weighted by molar-refractivity contribution is -0.142. The van der Waals surface area contributed by atoms with E-state index in [-0.39, 0.29) is 18.7 Å². The summed E-state index contributed by atoms with van der Waals surface area (Å²) in [6, 6.07) is -2.67. The largest absolute Gasteiger partial charge is 0.480 e. The smallest absolute Gasteiger partial charge is 0.326 e. The summed E-state index contributed by atoms with van der Waals surface area (Å²) in [4.78, 5) is 39.0. The number of aliphatic carboxylic acids is 1. The van der Waals surface area contributed by atoms with E-state index in [2.05, 4.69) is 10.3 Å². The van der Waals surface area contributed by atoms with Crippen molar-refractivity contribution in [1.29, 1.82) is 0 Å². The summed E-state index contributed by atoms with van der Waals surface area (Å²) in [7, 11) is 0. The molecule has 0 aliphatic carbocycles. The Hall–Kier alpha value is -2.30. The van der Waals surface area contributed by atoms with Crippen LogP contribution in [-0.4, -0.2) is 57.1 Å². The molecule has 0 aliphatic rings. The first kappa shape index (κ1) is 20.7. The van der Waals surface area contributed by atoms with Gasteiger partial charge in [0.05, 0.1) is 17.8 Å². The zero-order valence-corrected chi connectivity index (χ0v) is 14.2. The Kier molecular flexibility index (Phi) is 8.19. The summed E-state index contributed by atoms with van der Waals surface area (Å²) in [5.74, 6) is -2.04. The van der Waals surface area contributed by atoms with Crippen LogP contribution in [0.3, 0.4) is 0 Å². The van der Waals surface area contributed by atoms with Crippen LogP contribution in [0.1, 0.15) is 36.7 Å². The minimum Gasteiger partial charge on any atom is -0.480 e. The molecule has 0 unspecified atom stereocenters. The topological polar surface area (TPSA) is 179 Å². The predicted octanol–water partition coefficient (Wildman–Crippen LogP) is -1.56. The maximum Gasteiger partial charge on any atom is 0.326 e. The molecule has 8 N–H and O–H groups in total. The van der Waals surface area contributed by atoms with E-state index >= 15 is 0 Å². The van der Waals surface area contributed by atoms with Crippen LogP contribution in [-0.2, 0) is 16.0 Å². The van der Waals surface area contributed by atoms with Gasteiger partial charge in [-0.05, 0) is 32.7 Å². The van der Waals surface area contributed by atoms with Crippen LogP contribution >= 0.6 is 0 Å². The maximum atomic E-state index is 12.1. The molecule has 0 aromatic carbocycles. The van der Waals surface area contributed by atoms with Crippen LogP contribution in [0.25, 0.3) is 0 Å². The number of rotatable bonds is 10. The fourth-order valence-electron chi connectivity index (χ4n) is 2.17. The standard InChI is InChI=1S/C15H26N6O4/c1-9(17)14(23)21-7-10(19-8-21)6-11(18)13(22)20-12(15(24)25)4-2-3-5-16/h7-9,11-12H,2-6,16-18H2,1H3,(H,20,22)(H,24,25)/t9-,11-,12-/m0/s1. The lowest BCUT2D eigenvalue weighted by Gasteiger charge is -2.17. The number of carboxylic acid groups (broad SMARTS) is 1. The second-order valence-corrected chi connectivity index (χ2v) is 5.89. The molecular formula is C15H26N6O4. The van der Waals surface area contributed by atoms with E-state index in [4.69, 9.17) is 22.3 Å². The summed E-state index contributed by atoms with van der Waals surface area (Å²) >= 11 is 0. The SMILES string of the molecule is C[C@H](N)C(=O)n1cnc(C[C@H](N)C(=O)N[C@@H](CCCCN)C(=O)O)c1. The molecule has 0 bridgehead atoms. The summed E-state index contributed by atoms with van der Waals surface area (Å²) < 4.78 is 1.23. The molecule has 140 valence electrons. The van der Waals surface area contributed by atoms with Crippen LogP contribution in [0, 0.1) is 0 Å². The second-order valence-electron chi connectivity index (χ2n) is 5.89. The zero-order chi connectivity index (χ0) is 19.0. The molecule has 1 amide bonds. The molecule has 0 spiro atoms. The molecule has 0 saturated heterocycles. The number of carbonyl (C=O) groups excluding carboxylic acids is 2. The van der Waals surface area contributed by atoms with E-state index < -0.39 is 30.0 Å². The van der Waals surface area contributed by atoms with E-state index in [1.165, 1.54) is 17.1 Å². The number of hydrogen-bond donors (Lipinski definition) is 5. The van der Waals surface area contributed by atoms with Crippen molar-refractivity contribution in [2.75, 3.05) is 6.54 Å². The second kappa shape index (κ2) is 9.87. The third-order valence-corrected chi connectivity index (χ3v) is 3.61. The van der Waals surface area contributed by atoms with Gasteiger partial charge in [-0.3, -0.25) is 14.2 Å². The average molecular weight is 354 g/mol. The highest BCUT2D eigenvalue weighted by molar-refractivity contribution is 5.87. The third-order valence-electron chi connectivity index (χ3n) is 3.61. The number of hydrogen-bond acceptors (Lipinski definition) is 7. The highest BCUT2D eigenvalue weighted by atomic mass is 16.4. The van der Waals surface area contributed by atoms with E-state index in [0.29, 0.717) is 25.1 Å². The normalized spacial score (nSPS) is 14.6. The number of amides is 1. The Balaban J connectivity index is 2.60. The van der Waals surface area contributed by atoms with Crippen LogP contribution in [0.15, 0.2) is 12.5 Å². The number of unbranched alkanes of at least 4 members (excludes halogenated alkanes) is 1. The Morgan fingerprint density at radius 1 is 1.32 bits per heavy atom. The fourth-order valence-corrected chi connectivity index (χ4v) is 2.17. The minimum atomic E-state index is -1.12. The van der Waals surface area contributed by atoms with E-state index in [0.717, 1.165) is 0 Å². The van der Waals surface area contributed by atoms with Gasteiger partial charge in [0.15, 0.2) is 0 Å². The summed E-state index contributed by atoms with van der Waals surface area (Å²) in [6.07, 6.45) is 4.37. The zero-order valence-electron chi connectivity index (χ0n) is 14.2. The van der Waals surface area contributed by atoms with Crippen molar-refractivity contribution < 1.29 is 19.5 Å². The number of nitrogens with two attached hydrogens (primary N) is 3. The molecule has 1 aromatic heterocycles. The minimum absolute atomic E-state index is 0.0696. The fraction of sp³-hybridized carbons (Fsp3) is 0.600. The van der Waals surface area contributed by atoms with Crippen molar-refractivity contribution in [1.82, 2.24) is 14.9 Å². The van der Waals surface area contributed by atoms with Gasteiger partial charge in [0, 0.05) is 12.6 Å². The monoisotopic (exact) mass is 354 g/mol. The van der Waals surface area contributed by atoms with E-state index in [9.17, 15) is 14.4 Å². The molecule has 1 aromatic rings.